The van der Waals surface area contributed by atoms with Crippen molar-refractivity contribution in [3.05, 3.63) is 41.7 Å². The number of hydrogen-bond acceptors (Lipinski definition) is 6. The first-order chi connectivity index (χ1) is 10.2. The third-order valence-electron chi connectivity index (χ3n) is 3.64. The number of nitrogens with zero attached hydrogens (tertiary/aromatic N) is 3. The molecule has 2 atom stereocenters. The summed E-state index contributed by atoms with van der Waals surface area (Å²) in [6.45, 7) is 0.527. The standard InChI is InChI=1S/C14H16N4O3/c1-20-11-5-3-9(4-6-11)13-12(14(19)21-2)15-7-10-8-16-17-18(10)13/h3-6,8,12-13,15H,7H2,1-2H3/t12-,13-/m0/s1. The number of benzene rings is 1. The number of hydrogen-bond donors (Lipinski definition) is 1. The predicted molar refractivity (Wildman–Crippen MR) is 73.8 cm³/mol. The number of ether oxygens (including phenoxy) is 2. The van der Waals surface area contributed by atoms with E-state index in [2.05, 4.69) is 15.6 Å². The molecule has 0 saturated heterocycles. The maximum atomic E-state index is 12.0. The van der Waals surface area contributed by atoms with Crippen LogP contribution in [0.3, 0.4) is 0 Å². The molecule has 0 spiro atoms. The molecule has 110 valence electrons. The second-order valence-electron chi connectivity index (χ2n) is 4.77. The average Bonchev–Trinajstić information content (AvgIpc) is 3.02. The highest BCUT2D eigenvalue weighted by atomic mass is 16.5. The summed E-state index contributed by atoms with van der Waals surface area (Å²) >= 11 is 0. The van der Waals surface area contributed by atoms with E-state index in [0.717, 1.165) is 17.0 Å². The van der Waals surface area contributed by atoms with Gasteiger partial charge < -0.3 is 9.47 Å². The molecule has 3 rings (SSSR count). The van der Waals surface area contributed by atoms with E-state index < -0.39 is 6.04 Å². The van der Waals surface area contributed by atoms with Crippen molar-refractivity contribution in [3.63, 3.8) is 0 Å². The van der Waals surface area contributed by atoms with Gasteiger partial charge in [0, 0.05) is 6.54 Å². The van der Waals surface area contributed by atoms with E-state index in [-0.39, 0.29) is 12.0 Å². The molecule has 0 saturated carbocycles. The Hall–Kier alpha value is -2.41. The number of fused-ring (bicyclic) bond motifs is 1. The van der Waals surface area contributed by atoms with Gasteiger partial charge in [-0.3, -0.25) is 10.1 Å². The summed E-state index contributed by atoms with van der Waals surface area (Å²) < 4.78 is 11.8. The highest BCUT2D eigenvalue weighted by Crippen LogP contribution is 2.28. The van der Waals surface area contributed by atoms with Crippen LogP contribution in [0.15, 0.2) is 30.5 Å². The van der Waals surface area contributed by atoms with Crippen LogP contribution in [0.1, 0.15) is 17.3 Å². The van der Waals surface area contributed by atoms with E-state index in [4.69, 9.17) is 9.47 Å². The van der Waals surface area contributed by atoms with Crippen molar-refractivity contribution in [1.29, 1.82) is 0 Å². The van der Waals surface area contributed by atoms with E-state index in [1.165, 1.54) is 7.11 Å². The maximum absolute atomic E-state index is 12.0. The second kappa shape index (κ2) is 5.53. The molecule has 0 aliphatic carbocycles. The number of rotatable bonds is 3. The molecule has 2 aromatic rings. The number of aromatic nitrogens is 3. The number of carbonyl (C=O) groups excluding carboxylic acids is 1. The van der Waals surface area contributed by atoms with Gasteiger partial charge in [0.2, 0.25) is 0 Å². The van der Waals surface area contributed by atoms with Crippen molar-refractivity contribution < 1.29 is 14.3 Å². The smallest absolute Gasteiger partial charge is 0.325 e. The van der Waals surface area contributed by atoms with Crippen LogP contribution in [-0.2, 0) is 16.1 Å². The molecule has 0 radical (unpaired) electrons. The van der Waals surface area contributed by atoms with Crippen molar-refractivity contribution >= 4 is 5.97 Å². The molecule has 0 fully saturated rings. The summed E-state index contributed by atoms with van der Waals surface area (Å²) in [5.41, 5.74) is 1.86. The first-order valence-electron chi connectivity index (χ1n) is 6.59. The van der Waals surface area contributed by atoms with E-state index in [0.29, 0.717) is 6.54 Å². The molecule has 0 bridgehead atoms. The van der Waals surface area contributed by atoms with Gasteiger partial charge >= 0.3 is 5.97 Å². The number of methoxy groups -OCH3 is 2. The van der Waals surface area contributed by atoms with Crippen LogP contribution in [0.25, 0.3) is 0 Å². The van der Waals surface area contributed by atoms with Crippen LogP contribution in [0.4, 0.5) is 0 Å². The predicted octanol–water partition coefficient (Wildman–Crippen LogP) is 0.521. The SMILES string of the molecule is COC(=O)[C@H]1NCc2cnnn2[C@H]1c1ccc(OC)cc1. The maximum Gasteiger partial charge on any atom is 0.325 e. The van der Waals surface area contributed by atoms with E-state index in [1.54, 1.807) is 18.0 Å². The van der Waals surface area contributed by atoms with Crippen molar-refractivity contribution in [1.82, 2.24) is 20.3 Å². The van der Waals surface area contributed by atoms with Crippen LogP contribution in [0.5, 0.6) is 5.75 Å². The van der Waals surface area contributed by atoms with Gasteiger partial charge in [-0.2, -0.15) is 0 Å². The van der Waals surface area contributed by atoms with Crippen molar-refractivity contribution in [3.8, 4) is 5.75 Å². The Labute approximate surface area is 121 Å². The van der Waals surface area contributed by atoms with Crippen LogP contribution in [-0.4, -0.2) is 41.2 Å². The fourth-order valence-corrected chi connectivity index (χ4v) is 2.57. The molecule has 1 aromatic carbocycles. The molecular weight excluding hydrogens is 272 g/mol. The van der Waals surface area contributed by atoms with Gasteiger partial charge in [0.1, 0.15) is 17.8 Å². The van der Waals surface area contributed by atoms with Gasteiger partial charge in [-0.1, -0.05) is 17.3 Å². The lowest BCUT2D eigenvalue weighted by molar-refractivity contribution is -0.144. The summed E-state index contributed by atoms with van der Waals surface area (Å²) in [4.78, 5) is 12.0. The molecule has 1 aromatic heterocycles. The lowest BCUT2D eigenvalue weighted by atomic mass is 9.97. The van der Waals surface area contributed by atoms with Crippen LogP contribution in [0, 0.1) is 0 Å². The number of nitrogens with one attached hydrogen (secondary N) is 1. The molecule has 7 nitrogen and oxygen atoms in total. The zero-order chi connectivity index (χ0) is 14.8. The van der Waals surface area contributed by atoms with Gasteiger partial charge in [0.15, 0.2) is 0 Å². The first kappa shape index (κ1) is 13.6. The molecule has 0 unspecified atom stereocenters. The first-order valence-corrected chi connectivity index (χ1v) is 6.59. The van der Waals surface area contributed by atoms with E-state index in [1.807, 2.05) is 24.3 Å². The van der Waals surface area contributed by atoms with Crippen LogP contribution >= 0.6 is 0 Å². The third-order valence-corrected chi connectivity index (χ3v) is 3.64. The van der Waals surface area contributed by atoms with Crippen molar-refractivity contribution in [2.45, 2.75) is 18.6 Å². The summed E-state index contributed by atoms with van der Waals surface area (Å²) in [6.07, 6.45) is 1.69. The number of esters is 1. The molecular formula is C14H16N4O3. The highest BCUT2D eigenvalue weighted by molar-refractivity contribution is 5.77. The summed E-state index contributed by atoms with van der Waals surface area (Å²) in [5.74, 6) is 0.438. The molecule has 21 heavy (non-hydrogen) atoms. The number of carbonyl (C=O) groups is 1. The summed E-state index contributed by atoms with van der Waals surface area (Å²) in [7, 11) is 3.00. The Kier molecular flexibility index (Phi) is 3.57. The minimum Gasteiger partial charge on any atom is -0.497 e. The zero-order valence-electron chi connectivity index (χ0n) is 11.8. The Morgan fingerprint density at radius 3 is 2.76 bits per heavy atom. The van der Waals surface area contributed by atoms with Crippen molar-refractivity contribution in [2.75, 3.05) is 14.2 Å². The topological polar surface area (TPSA) is 78.3 Å². The van der Waals surface area contributed by atoms with Gasteiger partial charge in [0.25, 0.3) is 0 Å². The Bertz CT molecular complexity index is 638. The van der Waals surface area contributed by atoms with Gasteiger partial charge in [-0.05, 0) is 17.7 Å². The molecule has 1 aliphatic rings. The quantitative estimate of drug-likeness (QED) is 0.830. The monoisotopic (exact) mass is 288 g/mol. The zero-order valence-corrected chi connectivity index (χ0v) is 11.8. The fourth-order valence-electron chi connectivity index (χ4n) is 2.57. The minimum atomic E-state index is -0.502. The molecule has 0 amide bonds. The van der Waals surface area contributed by atoms with E-state index >= 15 is 0 Å². The van der Waals surface area contributed by atoms with Gasteiger partial charge in [-0.25, -0.2) is 4.68 Å². The Morgan fingerprint density at radius 2 is 2.10 bits per heavy atom. The van der Waals surface area contributed by atoms with Crippen LogP contribution < -0.4 is 10.1 Å². The third kappa shape index (κ3) is 2.36. The van der Waals surface area contributed by atoms with Crippen LogP contribution in [0.2, 0.25) is 0 Å². The fraction of sp³-hybridized carbons (Fsp3) is 0.357. The molecule has 2 heterocycles. The van der Waals surface area contributed by atoms with Gasteiger partial charge in [0.05, 0.1) is 26.1 Å². The Morgan fingerprint density at radius 1 is 1.33 bits per heavy atom. The van der Waals surface area contributed by atoms with Gasteiger partial charge in [-0.15, -0.1) is 5.10 Å². The minimum absolute atomic E-state index is 0.297. The summed E-state index contributed by atoms with van der Waals surface area (Å²) in [5, 5.41) is 11.2. The highest BCUT2D eigenvalue weighted by Gasteiger charge is 2.37. The van der Waals surface area contributed by atoms with Crippen molar-refractivity contribution in [2.24, 2.45) is 0 Å². The molecule has 1 N–H and O–H groups in total. The lowest BCUT2D eigenvalue weighted by Gasteiger charge is -2.31. The lowest BCUT2D eigenvalue weighted by Crippen LogP contribution is -2.49. The summed E-state index contributed by atoms with van der Waals surface area (Å²) in [6, 6.07) is 6.74. The van der Waals surface area contributed by atoms with E-state index in [9.17, 15) is 4.79 Å². The normalized spacial score (nSPS) is 20.7. The largest absolute Gasteiger partial charge is 0.497 e. The average molecular weight is 288 g/mol. The second-order valence-corrected chi connectivity index (χ2v) is 4.77. The molecule has 7 heteroatoms. The molecule has 1 aliphatic heterocycles. The Balaban J connectivity index is 2.03.